The summed E-state index contributed by atoms with van der Waals surface area (Å²) in [5, 5.41) is 14.2. The van der Waals surface area contributed by atoms with Gasteiger partial charge in [0.15, 0.2) is 0 Å². The number of carbonyl (C=O) groups is 2. The standard InChI is InChI=1S/C14H14BrNO3S/c15-9-3-4-20-10(9)6-16-13(17)11-7-1-2-8(5-7)12(11)14(18)19/h1-4,7-8,11-12H,5-6H2,(H,16,17)(H,18,19)/t7?,8?,11-,12+/m0/s1. The van der Waals surface area contributed by atoms with Crippen LogP contribution < -0.4 is 5.32 Å². The molecule has 1 aromatic heterocycles. The van der Waals surface area contributed by atoms with E-state index in [-0.39, 0.29) is 17.7 Å². The second kappa shape index (κ2) is 5.33. The molecule has 1 amide bonds. The highest BCUT2D eigenvalue weighted by Crippen LogP contribution is 2.48. The fraction of sp³-hybridized carbons (Fsp3) is 0.429. The highest BCUT2D eigenvalue weighted by molar-refractivity contribution is 9.10. The molecule has 0 saturated heterocycles. The first-order chi connectivity index (χ1) is 9.58. The van der Waals surface area contributed by atoms with Crippen molar-refractivity contribution in [2.75, 3.05) is 0 Å². The Morgan fingerprint density at radius 1 is 1.35 bits per heavy atom. The van der Waals surface area contributed by atoms with Gasteiger partial charge in [0.05, 0.1) is 18.4 Å². The lowest BCUT2D eigenvalue weighted by molar-refractivity contribution is -0.147. The molecule has 0 aromatic carbocycles. The van der Waals surface area contributed by atoms with Crippen molar-refractivity contribution in [3.05, 3.63) is 32.9 Å². The number of thiophene rings is 1. The second-order valence-corrected chi connectivity index (χ2v) is 7.10. The third-order valence-corrected chi connectivity index (χ3v) is 6.09. The molecule has 2 N–H and O–H groups in total. The first-order valence-electron chi connectivity index (χ1n) is 6.48. The van der Waals surface area contributed by atoms with E-state index in [1.54, 1.807) is 11.3 Å². The Hall–Kier alpha value is -1.14. The fourth-order valence-corrected chi connectivity index (χ4v) is 4.69. The quantitative estimate of drug-likeness (QED) is 0.816. The number of halogens is 1. The molecule has 20 heavy (non-hydrogen) atoms. The van der Waals surface area contributed by atoms with Crippen molar-refractivity contribution in [3.63, 3.8) is 0 Å². The van der Waals surface area contributed by atoms with Gasteiger partial charge in [0, 0.05) is 9.35 Å². The lowest BCUT2D eigenvalue weighted by atomic mass is 9.82. The van der Waals surface area contributed by atoms with E-state index >= 15 is 0 Å². The van der Waals surface area contributed by atoms with E-state index in [0.29, 0.717) is 6.54 Å². The summed E-state index contributed by atoms with van der Waals surface area (Å²) in [5.74, 6) is -1.92. The molecule has 1 saturated carbocycles. The number of nitrogens with one attached hydrogen (secondary N) is 1. The smallest absolute Gasteiger partial charge is 0.307 e. The molecule has 2 aliphatic rings. The monoisotopic (exact) mass is 355 g/mol. The summed E-state index contributed by atoms with van der Waals surface area (Å²) in [6, 6.07) is 1.94. The second-order valence-electron chi connectivity index (χ2n) is 5.25. The van der Waals surface area contributed by atoms with Crippen LogP contribution in [-0.4, -0.2) is 17.0 Å². The Bertz CT molecular complexity index is 583. The average Bonchev–Trinajstić information content (AvgIpc) is 3.10. The minimum Gasteiger partial charge on any atom is -0.481 e. The Morgan fingerprint density at radius 2 is 2.05 bits per heavy atom. The van der Waals surface area contributed by atoms with Gasteiger partial charge in [-0.05, 0) is 45.6 Å². The van der Waals surface area contributed by atoms with Crippen LogP contribution >= 0.6 is 27.3 Å². The van der Waals surface area contributed by atoms with Crippen LogP contribution in [-0.2, 0) is 16.1 Å². The maximum Gasteiger partial charge on any atom is 0.307 e. The number of carboxylic acids is 1. The van der Waals surface area contributed by atoms with Gasteiger partial charge in [0.1, 0.15) is 0 Å². The maximum absolute atomic E-state index is 12.3. The summed E-state index contributed by atoms with van der Waals surface area (Å²) < 4.78 is 0.977. The molecule has 0 spiro atoms. The molecular weight excluding hydrogens is 342 g/mol. The first-order valence-corrected chi connectivity index (χ1v) is 8.16. The summed E-state index contributed by atoms with van der Waals surface area (Å²) in [4.78, 5) is 24.8. The van der Waals surface area contributed by atoms with Crippen LogP contribution in [0.1, 0.15) is 11.3 Å². The molecule has 2 bridgehead atoms. The number of fused-ring (bicyclic) bond motifs is 2. The number of hydrogen-bond donors (Lipinski definition) is 2. The van der Waals surface area contributed by atoms with Gasteiger partial charge in [0.25, 0.3) is 0 Å². The van der Waals surface area contributed by atoms with Gasteiger partial charge >= 0.3 is 5.97 Å². The van der Waals surface area contributed by atoms with Crippen LogP contribution in [0.2, 0.25) is 0 Å². The lowest BCUT2D eigenvalue weighted by Crippen LogP contribution is -2.39. The van der Waals surface area contributed by atoms with E-state index in [1.807, 2.05) is 23.6 Å². The van der Waals surface area contributed by atoms with E-state index in [0.717, 1.165) is 15.8 Å². The number of amides is 1. The first kappa shape index (κ1) is 13.8. The van der Waals surface area contributed by atoms with Gasteiger partial charge in [-0.1, -0.05) is 12.2 Å². The van der Waals surface area contributed by atoms with E-state index in [1.165, 1.54) is 0 Å². The van der Waals surface area contributed by atoms with Crippen LogP contribution in [0.5, 0.6) is 0 Å². The molecular formula is C14H14BrNO3S. The molecule has 2 unspecified atom stereocenters. The van der Waals surface area contributed by atoms with Crippen LogP contribution in [0, 0.1) is 23.7 Å². The minimum atomic E-state index is -0.862. The Kier molecular flexibility index (Phi) is 3.69. The molecule has 1 heterocycles. The van der Waals surface area contributed by atoms with Gasteiger partial charge in [-0.2, -0.15) is 0 Å². The summed E-state index contributed by atoms with van der Waals surface area (Å²) >= 11 is 4.99. The van der Waals surface area contributed by atoms with Crippen molar-refractivity contribution < 1.29 is 14.7 Å². The SMILES string of the molecule is O=C(O)[C@@H]1C2C=CC(C2)[C@@H]1C(=O)NCc1sccc1Br. The summed E-state index contributed by atoms with van der Waals surface area (Å²) in [6.45, 7) is 0.445. The molecule has 6 heteroatoms. The summed E-state index contributed by atoms with van der Waals surface area (Å²) in [6.07, 6.45) is 4.73. The normalized spacial score (nSPS) is 30.6. The highest BCUT2D eigenvalue weighted by atomic mass is 79.9. The third kappa shape index (κ3) is 2.31. The van der Waals surface area contributed by atoms with Crippen LogP contribution in [0.4, 0.5) is 0 Å². The van der Waals surface area contributed by atoms with E-state index in [4.69, 9.17) is 0 Å². The average molecular weight is 356 g/mol. The largest absolute Gasteiger partial charge is 0.481 e. The van der Waals surface area contributed by atoms with Gasteiger partial charge in [0.2, 0.25) is 5.91 Å². The van der Waals surface area contributed by atoms with Crippen LogP contribution in [0.3, 0.4) is 0 Å². The highest BCUT2D eigenvalue weighted by Gasteiger charge is 2.51. The Labute approximate surface area is 129 Å². The van der Waals surface area contributed by atoms with E-state index < -0.39 is 17.8 Å². The van der Waals surface area contributed by atoms with Crippen molar-refractivity contribution in [1.82, 2.24) is 5.32 Å². The van der Waals surface area contributed by atoms with Crippen LogP contribution in [0.25, 0.3) is 0 Å². The van der Waals surface area contributed by atoms with Crippen LogP contribution in [0.15, 0.2) is 28.1 Å². The van der Waals surface area contributed by atoms with E-state index in [9.17, 15) is 14.7 Å². The van der Waals surface area contributed by atoms with Crippen molar-refractivity contribution in [2.45, 2.75) is 13.0 Å². The molecule has 0 aliphatic heterocycles. The number of rotatable bonds is 4. The third-order valence-electron chi connectivity index (χ3n) is 4.16. The number of carbonyl (C=O) groups excluding carboxylic acids is 1. The minimum absolute atomic E-state index is 0.0155. The molecule has 1 aromatic rings. The Balaban J connectivity index is 1.69. The molecule has 3 rings (SSSR count). The molecule has 0 radical (unpaired) electrons. The van der Waals surface area contributed by atoms with Crippen molar-refractivity contribution in [1.29, 1.82) is 0 Å². The predicted octanol–water partition coefficient (Wildman–Crippen LogP) is 2.65. The summed E-state index contributed by atoms with van der Waals surface area (Å²) in [7, 11) is 0. The van der Waals surface area contributed by atoms with E-state index in [2.05, 4.69) is 21.2 Å². The van der Waals surface area contributed by atoms with Gasteiger partial charge in [-0.25, -0.2) is 0 Å². The zero-order valence-corrected chi connectivity index (χ0v) is 13.0. The van der Waals surface area contributed by atoms with Crippen molar-refractivity contribution >= 4 is 39.1 Å². The van der Waals surface area contributed by atoms with Gasteiger partial charge in [-0.15, -0.1) is 11.3 Å². The number of carboxylic acid groups (broad SMARTS) is 1. The van der Waals surface area contributed by atoms with Gasteiger partial charge in [-0.3, -0.25) is 9.59 Å². The van der Waals surface area contributed by atoms with Crippen molar-refractivity contribution in [2.24, 2.45) is 23.7 Å². The van der Waals surface area contributed by atoms with Gasteiger partial charge < -0.3 is 10.4 Å². The number of aliphatic carboxylic acids is 1. The summed E-state index contributed by atoms with van der Waals surface area (Å²) in [5.41, 5.74) is 0. The molecule has 4 atom stereocenters. The molecule has 1 fully saturated rings. The number of allylic oxidation sites excluding steroid dienone is 2. The zero-order valence-electron chi connectivity index (χ0n) is 10.6. The fourth-order valence-electron chi connectivity index (χ4n) is 3.25. The predicted molar refractivity (Wildman–Crippen MR) is 79.2 cm³/mol. The topological polar surface area (TPSA) is 66.4 Å². The molecule has 2 aliphatic carbocycles. The Morgan fingerprint density at radius 3 is 2.65 bits per heavy atom. The maximum atomic E-state index is 12.3. The zero-order chi connectivity index (χ0) is 14.3. The van der Waals surface area contributed by atoms with Crippen molar-refractivity contribution in [3.8, 4) is 0 Å². The number of hydrogen-bond acceptors (Lipinski definition) is 3. The lowest BCUT2D eigenvalue weighted by Gasteiger charge is -2.23. The molecule has 4 nitrogen and oxygen atoms in total. The molecule has 106 valence electrons.